The number of hydrogen-bond acceptors (Lipinski definition) is 8. The van der Waals surface area contributed by atoms with Gasteiger partial charge in [0.1, 0.15) is 5.78 Å². The van der Waals surface area contributed by atoms with E-state index >= 15 is 0 Å². The molecule has 3 radical (unpaired) electrons. The van der Waals surface area contributed by atoms with Crippen molar-refractivity contribution in [1.82, 2.24) is 0 Å². The Bertz CT molecular complexity index is 2040. The van der Waals surface area contributed by atoms with Crippen LogP contribution in [-0.2, 0) is 19.2 Å². The molecule has 0 saturated heterocycles. The van der Waals surface area contributed by atoms with E-state index in [0.29, 0.717) is 108 Å². The highest BCUT2D eigenvalue weighted by Gasteiger charge is 2.63. The Labute approximate surface area is 405 Å². The second-order valence-corrected chi connectivity index (χ2v) is 25.6. The van der Waals surface area contributed by atoms with Crippen LogP contribution in [0.1, 0.15) is 171 Å². The zero-order valence-electron chi connectivity index (χ0n) is 41.1. The maximum absolute atomic E-state index is 12.4. The molecule has 8 nitrogen and oxygen atoms in total. The van der Waals surface area contributed by atoms with Crippen LogP contribution in [0.25, 0.3) is 0 Å². The van der Waals surface area contributed by atoms with Crippen LogP contribution in [-0.4, -0.2) is 76.4 Å². The summed E-state index contributed by atoms with van der Waals surface area (Å²) in [7, 11) is 0. The zero-order chi connectivity index (χ0) is 46.1. The monoisotopic (exact) mass is 922 g/mol. The average molecular weight is 922 g/mol. The van der Waals surface area contributed by atoms with Crippen molar-refractivity contribution in [2.75, 3.05) is 0 Å². The van der Waals surface area contributed by atoms with Gasteiger partial charge in [-0.3, -0.25) is 19.2 Å². The van der Waals surface area contributed by atoms with E-state index < -0.39 is 6.10 Å². The minimum absolute atomic E-state index is 0. The standard InChI is InChI=1S/C19H28O3.C19H26O3.C19H28O2.CH4.B/c2*1-10-7-11-8-12(20)3-4-13(11)18-15(21)9-19(2)14(17(10)18)5-6-16(19)22;1-11-9-12-10-13(20)3-4-14(12)15-7-8-19(2)16(18(11)15)5-6-17(19)21;;/h8,10,13-18,21-22H,3-7,9H2,1-2H3;8,10,13-15,17-18,21H,3-7,9H2,1-2H3;10-11,14-18,21H,3-9H2,1-2H3;1H4;/t10-,13+,14?,15-,16+,17?,18?,19+;10-,13+,14?,15-,17?,18?,19+;11-,14+,15?,16?,17+,18?,19+;;/m111../s1. The Morgan fingerprint density at radius 2 is 0.910 bits per heavy atom. The van der Waals surface area contributed by atoms with Crippen molar-refractivity contribution in [3.63, 3.8) is 0 Å². The highest BCUT2D eigenvalue weighted by atomic mass is 16.3. The highest BCUT2D eigenvalue weighted by molar-refractivity contribution is 5.92. The molecule has 9 saturated carbocycles. The molecule has 0 aliphatic heterocycles. The molecule has 369 valence electrons. The number of carbonyl (C=O) groups is 4. The molecule has 0 bridgehead atoms. The third-order valence-electron chi connectivity index (χ3n) is 22.5. The lowest BCUT2D eigenvalue weighted by Gasteiger charge is -2.57. The molecule has 0 aromatic heterocycles. The minimum atomic E-state index is -0.391. The highest BCUT2D eigenvalue weighted by Crippen LogP contribution is 2.66. The first kappa shape index (κ1) is 51.2. The zero-order valence-corrected chi connectivity index (χ0v) is 41.1. The van der Waals surface area contributed by atoms with Gasteiger partial charge in [-0.2, -0.15) is 0 Å². The first-order valence-electron chi connectivity index (χ1n) is 26.8. The number of aliphatic hydroxyl groups excluding tert-OH is 4. The van der Waals surface area contributed by atoms with Crippen molar-refractivity contribution < 1.29 is 39.6 Å². The van der Waals surface area contributed by atoms with Crippen LogP contribution in [0.4, 0.5) is 0 Å². The van der Waals surface area contributed by atoms with Crippen LogP contribution in [0.2, 0.25) is 0 Å². The third kappa shape index (κ3) is 8.26. The minimum Gasteiger partial charge on any atom is -0.393 e. The summed E-state index contributed by atoms with van der Waals surface area (Å²) >= 11 is 0. The van der Waals surface area contributed by atoms with Gasteiger partial charge < -0.3 is 20.4 Å². The second kappa shape index (κ2) is 18.8. The van der Waals surface area contributed by atoms with Crippen molar-refractivity contribution in [3.05, 3.63) is 34.9 Å². The van der Waals surface area contributed by atoms with Crippen molar-refractivity contribution in [3.8, 4) is 0 Å². The maximum atomic E-state index is 12.4. The molecule has 0 amide bonds. The molecule has 9 unspecified atom stereocenters. The fourth-order valence-electron chi connectivity index (χ4n) is 19.6. The van der Waals surface area contributed by atoms with Crippen LogP contribution >= 0.6 is 0 Å². The van der Waals surface area contributed by atoms with Gasteiger partial charge in [-0.15, -0.1) is 0 Å². The first-order valence-corrected chi connectivity index (χ1v) is 26.8. The van der Waals surface area contributed by atoms with Gasteiger partial charge >= 0.3 is 0 Å². The number of rotatable bonds is 0. The molecule has 67 heavy (non-hydrogen) atoms. The summed E-state index contributed by atoms with van der Waals surface area (Å²) in [5.74, 6) is 9.04. The van der Waals surface area contributed by atoms with Crippen LogP contribution in [0.5, 0.6) is 0 Å². The molecule has 0 heterocycles. The van der Waals surface area contributed by atoms with Gasteiger partial charge in [-0.25, -0.2) is 0 Å². The maximum Gasteiger partial charge on any atom is 0.155 e. The van der Waals surface area contributed by atoms with Gasteiger partial charge in [0.2, 0.25) is 0 Å². The van der Waals surface area contributed by atoms with E-state index in [4.69, 9.17) is 0 Å². The fraction of sp³-hybridized carbons (Fsp3) is 0.828. The Kier molecular flexibility index (Phi) is 14.3. The number of Topliss-reactive ketones (excluding diaryl/α,β-unsaturated/α-hetero) is 1. The number of aliphatic hydroxyl groups is 4. The summed E-state index contributed by atoms with van der Waals surface area (Å²) in [4.78, 5) is 47.7. The molecule has 9 heteroatoms. The van der Waals surface area contributed by atoms with Gasteiger partial charge in [0.05, 0.1) is 24.4 Å². The lowest BCUT2D eigenvalue weighted by molar-refractivity contribution is -0.144. The Morgan fingerprint density at radius 1 is 0.478 bits per heavy atom. The molecule has 0 aromatic carbocycles. The van der Waals surface area contributed by atoms with Gasteiger partial charge in [0.25, 0.3) is 0 Å². The van der Waals surface area contributed by atoms with Gasteiger partial charge in [0.15, 0.2) is 17.3 Å². The van der Waals surface area contributed by atoms with Crippen molar-refractivity contribution in [2.45, 2.75) is 195 Å². The smallest absolute Gasteiger partial charge is 0.155 e. The summed E-state index contributed by atoms with van der Waals surface area (Å²) in [6.07, 6.45) is 22.4. The number of ketones is 4. The van der Waals surface area contributed by atoms with E-state index in [1.54, 1.807) is 0 Å². The third-order valence-corrected chi connectivity index (χ3v) is 22.5. The molecule has 12 aliphatic carbocycles. The Morgan fingerprint density at radius 3 is 1.45 bits per heavy atom. The van der Waals surface area contributed by atoms with Gasteiger partial charge in [0, 0.05) is 39.5 Å². The topological polar surface area (TPSA) is 149 Å². The van der Waals surface area contributed by atoms with E-state index in [-0.39, 0.29) is 67.9 Å². The van der Waals surface area contributed by atoms with Crippen LogP contribution in [0, 0.1) is 105 Å². The predicted octanol–water partition coefficient (Wildman–Crippen LogP) is 9.61. The summed E-state index contributed by atoms with van der Waals surface area (Å²) < 4.78 is 0. The molecule has 12 aliphatic rings. The van der Waals surface area contributed by atoms with Gasteiger partial charge in [-0.05, 0) is 214 Å². The molecule has 0 spiro atoms. The van der Waals surface area contributed by atoms with E-state index in [0.717, 1.165) is 88.9 Å². The molecular weight excluding hydrogens is 835 g/mol. The van der Waals surface area contributed by atoms with Crippen molar-refractivity contribution in [2.24, 2.45) is 105 Å². The Balaban J connectivity index is 0.000000134. The average Bonchev–Trinajstić information content (AvgIpc) is 3.84. The molecule has 0 aromatic rings. The van der Waals surface area contributed by atoms with E-state index in [1.807, 2.05) is 18.2 Å². The lowest BCUT2D eigenvalue weighted by atomic mass is 9.49. The Hall–Kier alpha value is -2.20. The molecule has 22 atom stereocenters. The molecule has 4 N–H and O–H groups in total. The summed E-state index contributed by atoms with van der Waals surface area (Å²) in [6.45, 7) is 13.6. The normalized spacial score (nSPS) is 51.1. The first-order chi connectivity index (χ1) is 30.8. The van der Waals surface area contributed by atoms with Crippen LogP contribution in [0.3, 0.4) is 0 Å². The van der Waals surface area contributed by atoms with E-state index in [9.17, 15) is 39.6 Å². The summed E-state index contributed by atoms with van der Waals surface area (Å²) in [5, 5.41) is 42.8. The number of allylic oxidation sites excluding steroid dienone is 3. The molecule has 9 fully saturated rings. The molecular formula is C58H86BO8. The number of carbonyl (C=O) groups excluding carboxylic acids is 4. The predicted molar refractivity (Wildman–Crippen MR) is 262 cm³/mol. The SMILES string of the molecule is C.C[C@@H]1CC2=CC(=O)CC[C@@H]2C2C1C1CCC(=O)[C@@]1(C)C[C@H]2O.C[C@@H]1CC2=CC(=O)CC[C@@H]2C2C1C1CC[C@H](O)[C@@]1(C)C[C@H]2O.C[C@@H]1CC2=CC(=O)CC[C@@H]2C2CC[C@@]3(C)C(CC[C@@H]3O)C21.[B]. The summed E-state index contributed by atoms with van der Waals surface area (Å²) in [6, 6.07) is 0. The molecule has 12 rings (SSSR count). The van der Waals surface area contributed by atoms with E-state index in [1.165, 1.54) is 36.0 Å². The van der Waals surface area contributed by atoms with E-state index in [2.05, 4.69) is 41.5 Å². The van der Waals surface area contributed by atoms with Gasteiger partial charge in [-0.1, -0.05) is 65.7 Å². The van der Waals surface area contributed by atoms with Crippen LogP contribution < -0.4 is 0 Å². The van der Waals surface area contributed by atoms with Crippen molar-refractivity contribution in [1.29, 1.82) is 0 Å². The largest absolute Gasteiger partial charge is 0.393 e. The van der Waals surface area contributed by atoms with Crippen molar-refractivity contribution >= 4 is 31.5 Å². The fourth-order valence-corrected chi connectivity index (χ4v) is 19.6. The number of fused-ring (bicyclic) bond motifs is 15. The number of hydrogen-bond donors (Lipinski definition) is 4. The second-order valence-electron chi connectivity index (χ2n) is 25.6. The van der Waals surface area contributed by atoms with Crippen LogP contribution in [0.15, 0.2) is 34.9 Å². The quantitative estimate of drug-likeness (QED) is 0.176. The summed E-state index contributed by atoms with van der Waals surface area (Å²) in [5.41, 5.74) is 3.78. The lowest BCUT2D eigenvalue weighted by Crippen LogP contribution is -2.56.